The lowest BCUT2D eigenvalue weighted by molar-refractivity contribution is 0.372. The molecule has 1 aromatic heterocycles. The first-order chi connectivity index (χ1) is 7.17. The van der Waals surface area contributed by atoms with Crippen LogP contribution in [-0.4, -0.2) is 12.6 Å². The van der Waals surface area contributed by atoms with Crippen LogP contribution in [0.25, 0.3) is 0 Å². The fraction of sp³-hybridized carbons (Fsp3) is 0.667. The largest absolute Gasteiger partial charge is 0.314 e. The van der Waals surface area contributed by atoms with E-state index in [0.717, 1.165) is 18.9 Å². The molecule has 2 unspecified atom stereocenters. The molecule has 0 saturated heterocycles. The van der Waals surface area contributed by atoms with E-state index in [1.54, 1.807) is 0 Å². The summed E-state index contributed by atoms with van der Waals surface area (Å²) in [6, 6.07) is 2.85. The van der Waals surface area contributed by atoms with Gasteiger partial charge < -0.3 is 5.32 Å². The first kappa shape index (κ1) is 13.2. The van der Waals surface area contributed by atoms with Gasteiger partial charge in [0, 0.05) is 20.8 Å². The van der Waals surface area contributed by atoms with E-state index in [2.05, 4.69) is 53.5 Å². The molecule has 0 aliphatic carbocycles. The summed E-state index contributed by atoms with van der Waals surface area (Å²) in [5.74, 6) is 0.742. The Labute approximate surface area is 105 Å². The van der Waals surface area contributed by atoms with Gasteiger partial charge >= 0.3 is 0 Å². The second-order valence-corrected chi connectivity index (χ2v) is 5.90. The van der Waals surface area contributed by atoms with Crippen molar-refractivity contribution >= 4 is 27.3 Å². The first-order valence-electron chi connectivity index (χ1n) is 5.63. The molecule has 0 aliphatic rings. The van der Waals surface area contributed by atoms with Crippen LogP contribution in [0.15, 0.2) is 15.9 Å². The van der Waals surface area contributed by atoms with Gasteiger partial charge in [0.1, 0.15) is 0 Å². The van der Waals surface area contributed by atoms with E-state index in [-0.39, 0.29) is 0 Å². The van der Waals surface area contributed by atoms with Gasteiger partial charge in [0.2, 0.25) is 0 Å². The van der Waals surface area contributed by atoms with Crippen LogP contribution >= 0.6 is 27.3 Å². The summed E-state index contributed by atoms with van der Waals surface area (Å²) in [5, 5.41) is 5.74. The molecule has 3 heteroatoms. The Hall–Kier alpha value is 0.140. The molecule has 1 nitrogen and oxygen atoms in total. The second kappa shape index (κ2) is 6.66. The van der Waals surface area contributed by atoms with Crippen molar-refractivity contribution in [1.82, 2.24) is 5.32 Å². The van der Waals surface area contributed by atoms with Crippen molar-refractivity contribution in [3.8, 4) is 0 Å². The molecule has 0 radical (unpaired) electrons. The van der Waals surface area contributed by atoms with Crippen molar-refractivity contribution in [2.45, 2.75) is 39.7 Å². The predicted molar refractivity (Wildman–Crippen MR) is 72.6 cm³/mol. The summed E-state index contributed by atoms with van der Waals surface area (Å²) in [5.41, 5.74) is 0. The number of hydrogen-bond donors (Lipinski definition) is 1. The molecule has 1 rings (SSSR count). The fourth-order valence-corrected chi connectivity index (χ4v) is 3.21. The van der Waals surface area contributed by atoms with Crippen LogP contribution in [0.5, 0.6) is 0 Å². The molecular weight excluding hydrogens is 270 g/mol. The van der Waals surface area contributed by atoms with E-state index in [9.17, 15) is 0 Å². The number of halogens is 1. The number of thiophene rings is 1. The maximum absolute atomic E-state index is 3.58. The molecule has 15 heavy (non-hydrogen) atoms. The van der Waals surface area contributed by atoms with Gasteiger partial charge in [0.15, 0.2) is 0 Å². The average molecular weight is 290 g/mol. The molecule has 1 N–H and O–H groups in total. The first-order valence-corrected chi connectivity index (χ1v) is 7.30. The molecule has 86 valence electrons. The lowest BCUT2D eigenvalue weighted by Gasteiger charge is -2.23. The lowest BCUT2D eigenvalue weighted by Crippen LogP contribution is -2.36. The van der Waals surface area contributed by atoms with Gasteiger partial charge in [-0.1, -0.05) is 27.2 Å². The highest BCUT2D eigenvalue weighted by Gasteiger charge is 2.15. The quantitative estimate of drug-likeness (QED) is 0.832. The van der Waals surface area contributed by atoms with Gasteiger partial charge in [-0.25, -0.2) is 0 Å². The third kappa shape index (κ3) is 4.25. The minimum Gasteiger partial charge on any atom is -0.314 e. The normalized spacial score (nSPS) is 15.2. The number of rotatable bonds is 6. The van der Waals surface area contributed by atoms with E-state index >= 15 is 0 Å². The van der Waals surface area contributed by atoms with E-state index in [1.807, 2.05) is 11.3 Å². The zero-order valence-corrected chi connectivity index (χ0v) is 12.1. The van der Waals surface area contributed by atoms with Crippen molar-refractivity contribution in [1.29, 1.82) is 0 Å². The number of nitrogens with one attached hydrogen (secondary N) is 1. The van der Waals surface area contributed by atoms with Crippen molar-refractivity contribution < 1.29 is 0 Å². The molecule has 0 fully saturated rings. The zero-order valence-electron chi connectivity index (χ0n) is 9.72. The molecule has 0 aliphatic heterocycles. The number of likely N-dealkylation sites (N-methyl/N-ethyl adjacent to an activating group) is 1. The summed E-state index contributed by atoms with van der Waals surface area (Å²) < 4.78 is 1.21. The highest BCUT2D eigenvalue weighted by molar-refractivity contribution is 9.10. The zero-order chi connectivity index (χ0) is 11.3. The molecule has 0 bridgehead atoms. The highest BCUT2D eigenvalue weighted by atomic mass is 79.9. The molecule has 0 spiro atoms. The van der Waals surface area contributed by atoms with Crippen LogP contribution in [0.4, 0.5) is 0 Å². The summed E-state index contributed by atoms with van der Waals surface area (Å²) in [7, 11) is 0. The van der Waals surface area contributed by atoms with Crippen LogP contribution in [0.1, 0.15) is 32.1 Å². The summed E-state index contributed by atoms with van der Waals surface area (Å²) in [6.07, 6.45) is 2.39. The van der Waals surface area contributed by atoms with E-state index in [0.29, 0.717) is 6.04 Å². The van der Waals surface area contributed by atoms with Gasteiger partial charge in [-0.2, -0.15) is 0 Å². The minimum absolute atomic E-state index is 0.616. The summed E-state index contributed by atoms with van der Waals surface area (Å²) in [6.45, 7) is 7.83. The molecular formula is C12H20BrNS. The van der Waals surface area contributed by atoms with Crippen molar-refractivity contribution in [2.24, 2.45) is 5.92 Å². The Balaban J connectivity index is 2.57. The lowest BCUT2D eigenvalue weighted by atomic mass is 9.96. The highest BCUT2D eigenvalue weighted by Crippen LogP contribution is 2.23. The van der Waals surface area contributed by atoms with E-state index in [4.69, 9.17) is 0 Å². The SMILES string of the molecule is CCNC(Cc1cc(Br)cs1)C(C)CC. The monoisotopic (exact) mass is 289 g/mol. The van der Waals surface area contributed by atoms with Crippen LogP contribution in [0.3, 0.4) is 0 Å². The molecule has 0 amide bonds. The predicted octanol–water partition coefficient (Wildman–Crippen LogP) is 4.08. The Morgan fingerprint density at radius 3 is 2.67 bits per heavy atom. The Kier molecular flexibility index (Phi) is 5.87. The third-order valence-corrected chi connectivity index (χ3v) is 4.56. The molecule has 0 saturated carbocycles. The molecule has 2 atom stereocenters. The smallest absolute Gasteiger partial charge is 0.0285 e. The maximum atomic E-state index is 3.58. The molecule has 1 aromatic rings. The van der Waals surface area contributed by atoms with Gasteiger partial charge in [-0.05, 0) is 40.9 Å². The third-order valence-electron chi connectivity index (χ3n) is 2.84. The minimum atomic E-state index is 0.616. The van der Waals surface area contributed by atoms with E-state index in [1.165, 1.54) is 15.8 Å². The van der Waals surface area contributed by atoms with Crippen LogP contribution in [-0.2, 0) is 6.42 Å². The molecule has 1 heterocycles. The Morgan fingerprint density at radius 2 is 2.20 bits per heavy atom. The van der Waals surface area contributed by atoms with Crippen molar-refractivity contribution in [2.75, 3.05) is 6.54 Å². The van der Waals surface area contributed by atoms with Crippen molar-refractivity contribution in [3.05, 3.63) is 20.8 Å². The fourth-order valence-electron chi connectivity index (χ4n) is 1.70. The van der Waals surface area contributed by atoms with Gasteiger partial charge in [0.05, 0.1) is 0 Å². The van der Waals surface area contributed by atoms with Gasteiger partial charge in [-0.3, -0.25) is 0 Å². The average Bonchev–Trinajstić information content (AvgIpc) is 2.62. The van der Waals surface area contributed by atoms with Crippen LogP contribution < -0.4 is 5.32 Å². The van der Waals surface area contributed by atoms with Crippen LogP contribution in [0, 0.1) is 5.92 Å². The molecule has 0 aromatic carbocycles. The standard InChI is InChI=1S/C12H20BrNS/c1-4-9(3)12(14-5-2)7-11-6-10(13)8-15-11/h6,8-9,12,14H,4-5,7H2,1-3H3. The Bertz CT molecular complexity index is 285. The van der Waals surface area contributed by atoms with Crippen molar-refractivity contribution in [3.63, 3.8) is 0 Å². The van der Waals surface area contributed by atoms with Gasteiger partial charge in [0.25, 0.3) is 0 Å². The second-order valence-electron chi connectivity index (χ2n) is 3.99. The maximum Gasteiger partial charge on any atom is 0.0285 e. The summed E-state index contributed by atoms with van der Waals surface area (Å²) in [4.78, 5) is 1.47. The Morgan fingerprint density at radius 1 is 1.47 bits per heavy atom. The van der Waals surface area contributed by atoms with Crippen LogP contribution in [0.2, 0.25) is 0 Å². The van der Waals surface area contributed by atoms with E-state index < -0.39 is 0 Å². The number of hydrogen-bond acceptors (Lipinski definition) is 2. The van der Waals surface area contributed by atoms with Gasteiger partial charge in [-0.15, -0.1) is 11.3 Å². The topological polar surface area (TPSA) is 12.0 Å². The summed E-state index contributed by atoms with van der Waals surface area (Å²) >= 11 is 5.35.